The van der Waals surface area contributed by atoms with Gasteiger partial charge in [-0.25, -0.2) is 0 Å². The summed E-state index contributed by atoms with van der Waals surface area (Å²) in [6, 6.07) is 18.5. The van der Waals surface area contributed by atoms with Crippen LogP contribution in [0.2, 0.25) is 20.1 Å². The van der Waals surface area contributed by atoms with Gasteiger partial charge >= 0.3 is 0 Å². The van der Waals surface area contributed by atoms with E-state index in [-0.39, 0.29) is 30.1 Å². The fourth-order valence-electron chi connectivity index (χ4n) is 6.90. The molecule has 3 aromatic rings. The van der Waals surface area contributed by atoms with Gasteiger partial charge in [0.25, 0.3) is 5.91 Å². The summed E-state index contributed by atoms with van der Waals surface area (Å²) in [5.41, 5.74) is 6.10. The number of ether oxygens (including phenoxy) is 1. The molecule has 45 heavy (non-hydrogen) atoms. The molecule has 10 heteroatoms. The van der Waals surface area contributed by atoms with Crippen LogP contribution in [-0.4, -0.2) is 61.2 Å². The Morgan fingerprint density at radius 2 is 1.73 bits per heavy atom. The number of hydrogen-bond donors (Lipinski definition) is 2. The first-order chi connectivity index (χ1) is 21.7. The molecule has 3 fully saturated rings. The Hall–Kier alpha value is -2.45. The summed E-state index contributed by atoms with van der Waals surface area (Å²) in [7, 11) is 0. The number of nitrogens with one attached hydrogen (secondary N) is 2. The van der Waals surface area contributed by atoms with Crippen LogP contribution in [-0.2, 0) is 11.3 Å². The number of amides is 1. The lowest BCUT2D eigenvalue weighted by molar-refractivity contribution is -0.128. The fraction of sp³-hybridized carbons (Fsp3) is 0.400. The van der Waals surface area contributed by atoms with Gasteiger partial charge in [-0.2, -0.15) is 0 Å². The zero-order chi connectivity index (χ0) is 31.2. The van der Waals surface area contributed by atoms with E-state index in [9.17, 15) is 4.79 Å². The van der Waals surface area contributed by atoms with Crippen molar-refractivity contribution in [3.8, 4) is 5.75 Å². The van der Waals surface area contributed by atoms with Gasteiger partial charge in [0.1, 0.15) is 6.10 Å². The quantitative estimate of drug-likeness (QED) is 0.257. The van der Waals surface area contributed by atoms with Crippen LogP contribution in [0.3, 0.4) is 0 Å². The topological polar surface area (TPSA) is 56.8 Å². The monoisotopic (exact) mass is 684 g/mol. The van der Waals surface area contributed by atoms with E-state index in [0.29, 0.717) is 32.4 Å². The van der Waals surface area contributed by atoms with Gasteiger partial charge < -0.3 is 25.2 Å². The molecule has 0 radical (unpaired) electrons. The highest BCUT2D eigenvalue weighted by Crippen LogP contribution is 2.39. The van der Waals surface area contributed by atoms with Crippen LogP contribution >= 0.6 is 46.4 Å². The summed E-state index contributed by atoms with van der Waals surface area (Å²) < 4.78 is 6.26. The molecule has 7 rings (SSSR count). The standard InChI is InChI=1S/C35H36Cl4N4O2/c1-20-13-29(37)34(30(38)14-20)45-26-11-12-42(19-26)24-7-5-21(6-8-24)27-15-23-16-40-17-31(41-23)32(27)35(44)43(25-9-10-25)18-22-3-2-4-28(36)33(22)39/h2-8,13-14,23,25-26,31,40-41H,9-12,15-19H2,1H3/t23-,26-,31-/m1/s1. The van der Waals surface area contributed by atoms with Gasteiger partial charge in [-0.15, -0.1) is 0 Å². The predicted molar refractivity (Wildman–Crippen MR) is 184 cm³/mol. The van der Waals surface area contributed by atoms with E-state index >= 15 is 0 Å². The van der Waals surface area contributed by atoms with Gasteiger partial charge in [0, 0.05) is 55.9 Å². The molecular weight excluding hydrogens is 650 g/mol. The predicted octanol–water partition coefficient (Wildman–Crippen LogP) is 7.54. The molecule has 3 aromatic carbocycles. The average Bonchev–Trinajstić information content (AvgIpc) is 3.76. The first kappa shape index (κ1) is 31.2. The highest BCUT2D eigenvalue weighted by Gasteiger charge is 2.41. The minimum Gasteiger partial charge on any atom is -0.485 e. The summed E-state index contributed by atoms with van der Waals surface area (Å²) >= 11 is 25.8. The maximum atomic E-state index is 14.5. The normalized spacial score (nSPS) is 23.0. The van der Waals surface area contributed by atoms with Crippen LogP contribution in [0.5, 0.6) is 5.75 Å². The number of carbonyl (C=O) groups is 1. The van der Waals surface area contributed by atoms with Crippen LogP contribution in [0.1, 0.15) is 42.4 Å². The van der Waals surface area contributed by atoms with Crippen molar-refractivity contribution >= 4 is 63.6 Å². The molecule has 0 aromatic heterocycles. The van der Waals surface area contributed by atoms with Gasteiger partial charge in [0.15, 0.2) is 5.75 Å². The van der Waals surface area contributed by atoms with Crippen LogP contribution in [0.4, 0.5) is 5.69 Å². The van der Waals surface area contributed by atoms with Gasteiger partial charge in [-0.1, -0.05) is 70.7 Å². The van der Waals surface area contributed by atoms with Crippen molar-refractivity contribution in [1.82, 2.24) is 15.5 Å². The fourth-order valence-corrected chi connectivity index (χ4v) is 7.96. The van der Waals surface area contributed by atoms with Crippen LogP contribution in [0.25, 0.3) is 5.57 Å². The molecule has 3 heterocycles. The summed E-state index contributed by atoms with van der Waals surface area (Å²) in [5.74, 6) is 0.638. The van der Waals surface area contributed by atoms with Crippen molar-refractivity contribution < 1.29 is 9.53 Å². The first-order valence-electron chi connectivity index (χ1n) is 15.7. The van der Waals surface area contributed by atoms with E-state index in [1.165, 1.54) is 0 Å². The molecule has 6 nitrogen and oxygen atoms in total. The van der Waals surface area contributed by atoms with Crippen molar-refractivity contribution in [1.29, 1.82) is 0 Å². The second kappa shape index (κ2) is 13.0. The number of aryl methyl sites for hydroxylation is 1. The number of anilines is 1. The van der Waals surface area contributed by atoms with E-state index in [0.717, 1.165) is 85.4 Å². The molecular formula is C35H36Cl4N4O2. The van der Waals surface area contributed by atoms with Gasteiger partial charge in [-0.3, -0.25) is 4.79 Å². The van der Waals surface area contributed by atoms with Crippen molar-refractivity contribution in [2.75, 3.05) is 31.1 Å². The third kappa shape index (κ3) is 6.56. The number of rotatable bonds is 8. The first-order valence-corrected chi connectivity index (χ1v) is 17.2. The third-order valence-corrected chi connectivity index (χ3v) is 10.7. The Morgan fingerprint density at radius 1 is 0.978 bits per heavy atom. The van der Waals surface area contributed by atoms with Crippen LogP contribution in [0.15, 0.2) is 60.2 Å². The number of nitrogens with zero attached hydrogens (tertiary/aromatic N) is 2. The smallest absolute Gasteiger partial charge is 0.252 e. The second-order valence-corrected chi connectivity index (χ2v) is 14.2. The van der Waals surface area contributed by atoms with Crippen molar-refractivity contribution in [3.05, 3.63) is 97.0 Å². The maximum Gasteiger partial charge on any atom is 0.252 e. The van der Waals surface area contributed by atoms with Gasteiger partial charge in [0.05, 0.1) is 32.7 Å². The van der Waals surface area contributed by atoms with Gasteiger partial charge in [-0.05, 0) is 78.8 Å². The lowest BCUT2D eigenvalue weighted by Crippen LogP contribution is -2.60. The Bertz CT molecular complexity index is 1620. The molecule has 2 saturated heterocycles. The number of carbonyl (C=O) groups excluding carboxylic acids is 1. The molecule has 236 valence electrons. The third-order valence-electron chi connectivity index (χ3n) is 9.30. The molecule has 4 aliphatic rings. The molecule has 1 amide bonds. The number of hydrogen-bond acceptors (Lipinski definition) is 5. The van der Waals surface area contributed by atoms with E-state index < -0.39 is 0 Å². The van der Waals surface area contributed by atoms with Crippen LogP contribution < -0.4 is 20.3 Å². The van der Waals surface area contributed by atoms with Gasteiger partial charge in [0.2, 0.25) is 0 Å². The summed E-state index contributed by atoms with van der Waals surface area (Å²) in [6.45, 7) is 5.63. The second-order valence-electron chi connectivity index (χ2n) is 12.6. The average molecular weight is 687 g/mol. The van der Waals surface area contributed by atoms with E-state index in [2.05, 4.69) is 39.8 Å². The summed E-state index contributed by atoms with van der Waals surface area (Å²) in [4.78, 5) is 18.8. The minimum atomic E-state index is -0.0485. The lowest BCUT2D eigenvalue weighted by Gasteiger charge is -2.41. The van der Waals surface area contributed by atoms with Crippen molar-refractivity contribution in [2.45, 2.75) is 63.4 Å². The highest BCUT2D eigenvalue weighted by atomic mass is 35.5. The molecule has 3 aliphatic heterocycles. The Kier molecular flexibility index (Phi) is 8.99. The zero-order valence-electron chi connectivity index (χ0n) is 25.1. The lowest BCUT2D eigenvalue weighted by atomic mass is 9.83. The Labute approximate surface area is 284 Å². The zero-order valence-corrected chi connectivity index (χ0v) is 28.1. The minimum absolute atomic E-state index is 0.00739. The van der Waals surface area contributed by atoms with Crippen molar-refractivity contribution in [2.24, 2.45) is 0 Å². The molecule has 2 bridgehead atoms. The molecule has 2 N–H and O–H groups in total. The Balaban J connectivity index is 1.13. The summed E-state index contributed by atoms with van der Waals surface area (Å²) in [5, 5.41) is 9.36. The molecule has 0 spiro atoms. The number of piperazine rings is 1. The SMILES string of the molecule is Cc1cc(Cl)c(O[C@@H]2CCN(c3ccc(C4=C(C(=O)N(Cc5cccc(Cl)c5Cl)C5CC5)[C@H]5CNC[C@@H](C4)N5)cc3)C2)c(Cl)c1. The Morgan fingerprint density at radius 3 is 2.47 bits per heavy atom. The molecule has 0 unspecified atom stereocenters. The summed E-state index contributed by atoms with van der Waals surface area (Å²) in [6.07, 6.45) is 3.67. The van der Waals surface area contributed by atoms with E-state index in [1.54, 1.807) is 6.07 Å². The number of fused-ring (bicyclic) bond motifs is 2. The number of halogens is 4. The van der Waals surface area contributed by atoms with Crippen LogP contribution in [0, 0.1) is 6.92 Å². The molecule has 1 saturated carbocycles. The highest BCUT2D eigenvalue weighted by molar-refractivity contribution is 6.42. The maximum absolute atomic E-state index is 14.5. The van der Waals surface area contributed by atoms with Crippen molar-refractivity contribution in [3.63, 3.8) is 0 Å². The van der Waals surface area contributed by atoms with E-state index in [4.69, 9.17) is 51.1 Å². The largest absolute Gasteiger partial charge is 0.485 e. The van der Waals surface area contributed by atoms with E-state index in [1.807, 2.05) is 36.1 Å². The molecule has 3 atom stereocenters. The molecule has 1 aliphatic carbocycles. The number of benzene rings is 3.